The van der Waals surface area contributed by atoms with Gasteiger partial charge in [0.05, 0.1) is 0 Å². The summed E-state index contributed by atoms with van der Waals surface area (Å²) in [5, 5.41) is 6.83. The molecule has 0 bridgehead atoms. The molecule has 1 aromatic heterocycles. The number of nitrogens with zero attached hydrogens (tertiary/aromatic N) is 1. The number of piperidine rings is 1. The van der Waals surface area contributed by atoms with Crippen molar-refractivity contribution >= 4 is 22.7 Å². The van der Waals surface area contributed by atoms with Gasteiger partial charge in [-0.3, -0.25) is 4.90 Å². The number of benzene rings is 2. The van der Waals surface area contributed by atoms with E-state index < -0.39 is 0 Å². The van der Waals surface area contributed by atoms with Crippen molar-refractivity contribution in [1.82, 2.24) is 10.2 Å². The minimum absolute atomic E-state index is 0.201. The lowest BCUT2D eigenvalue weighted by Gasteiger charge is -2.36. The molecule has 0 aliphatic carbocycles. The van der Waals surface area contributed by atoms with Gasteiger partial charge in [0.25, 0.3) is 0 Å². The lowest BCUT2D eigenvalue weighted by molar-refractivity contribution is 0.139. The van der Waals surface area contributed by atoms with Gasteiger partial charge < -0.3 is 15.1 Å². The molecule has 1 saturated heterocycles. The molecule has 3 aromatic rings. The van der Waals surface area contributed by atoms with Gasteiger partial charge in [-0.05, 0) is 55.6 Å². The molecule has 2 amide bonds. The van der Waals surface area contributed by atoms with Crippen LogP contribution in [0, 0.1) is 6.92 Å². The number of rotatable bonds is 5. The summed E-state index contributed by atoms with van der Waals surface area (Å²) < 4.78 is 5.40. The van der Waals surface area contributed by atoms with Crippen LogP contribution in [0.15, 0.2) is 63.8 Å². The number of fused-ring (bicyclic) bond motifs is 1. The van der Waals surface area contributed by atoms with Crippen molar-refractivity contribution in [3.8, 4) is 0 Å². The van der Waals surface area contributed by atoms with Crippen molar-refractivity contribution in [1.29, 1.82) is 0 Å². The number of amides is 2. The van der Waals surface area contributed by atoms with Gasteiger partial charge in [-0.15, -0.1) is 0 Å². The smallest absolute Gasteiger partial charge is 0.336 e. The molecular weight excluding hydrogens is 378 g/mol. The Morgan fingerprint density at radius 3 is 2.80 bits per heavy atom. The van der Waals surface area contributed by atoms with E-state index in [9.17, 15) is 9.59 Å². The Morgan fingerprint density at radius 2 is 1.97 bits per heavy atom. The largest absolute Gasteiger partial charge is 0.423 e. The van der Waals surface area contributed by atoms with Crippen LogP contribution in [0.2, 0.25) is 0 Å². The van der Waals surface area contributed by atoms with Gasteiger partial charge in [-0.2, -0.15) is 0 Å². The van der Waals surface area contributed by atoms with Crippen molar-refractivity contribution in [2.45, 2.75) is 38.8 Å². The molecule has 2 N–H and O–H groups in total. The number of carbonyl (C=O) groups is 1. The number of likely N-dealkylation sites (tertiary alicyclic amines) is 1. The van der Waals surface area contributed by atoms with Crippen LogP contribution in [-0.4, -0.2) is 30.1 Å². The minimum Gasteiger partial charge on any atom is -0.423 e. The number of aryl methyl sites for hydroxylation is 1. The quantitative estimate of drug-likeness (QED) is 0.622. The Labute approximate surface area is 175 Å². The highest BCUT2D eigenvalue weighted by molar-refractivity contribution is 5.89. The predicted molar refractivity (Wildman–Crippen MR) is 119 cm³/mol. The summed E-state index contributed by atoms with van der Waals surface area (Å²) in [5.41, 5.74) is 3.12. The zero-order valence-corrected chi connectivity index (χ0v) is 17.2. The molecule has 30 heavy (non-hydrogen) atoms. The van der Waals surface area contributed by atoms with E-state index in [4.69, 9.17) is 4.42 Å². The zero-order chi connectivity index (χ0) is 20.9. The Morgan fingerprint density at radius 1 is 1.13 bits per heavy atom. The summed E-state index contributed by atoms with van der Waals surface area (Å²) in [7, 11) is 0. The number of hydrogen-bond donors (Lipinski definition) is 2. The predicted octanol–water partition coefficient (Wildman–Crippen LogP) is 4.28. The van der Waals surface area contributed by atoms with Crippen LogP contribution >= 0.6 is 0 Å². The normalized spacial score (nSPS) is 17.0. The summed E-state index contributed by atoms with van der Waals surface area (Å²) in [6, 6.07) is 17.0. The van der Waals surface area contributed by atoms with Crippen LogP contribution in [0.25, 0.3) is 11.0 Å². The molecule has 1 unspecified atom stereocenters. The number of carbonyl (C=O) groups excluding carboxylic acids is 1. The number of hydrogen-bond acceptors (Lipinski definition) is 4. The molecule has 0 saturated carbocycles. The lowest BCUT2D eigenvalue weighted by Crippen LogP contribution is -2.47. The third kappa shape index (κ3) is 4.89. The zero-order valence-electron chi connectivity index (χ0n) is 17.2. The Hall–Kier alpha value is -3.12. The third-order valence-electron chi connectivity index (χ3n) is 5.64. The molecule has 0 radical (unpaired) electrons. The first kappa shape index (κ1) is 20.2. The van der Waals surface area contributed by atoms with Crippen LogP contribution in [-0.2, 0) is 6.54 Å². The monoisotopic (exact) mass is 405 g/mol. The molecule has 0 spiro atoms. The molecule has 1 aliphatic heterocycles. The second-order valence-corrected chi connectivity index (χ2v) is 7.91. The SMILES string of the molecule is Cc1ccc2c(CN3CCCCC3CNC(=O)Nc3ccccc3)cc(=O)oc2c1. The summed E-state index contributed by atoms with van der Waals surface area (Å²) in [6.07, 6.45) is 3.27. The third-order valence-corrected chi connectivity index (χ3v) is 5.64. The lowest BCUT2D eigenvalue weighted by atomic mass is 10.00. The summed E-state index contributed by atoms with van der Waals surface area (Å²) in [6.45, 7) is 4.16. The van der Waals surface area contributed by atoms with E-state index in [1.807, 2.05) is 55.5 Å². The van der Waals surface area contributed by atoms with Crippen LogP contribution in [0.4, 0.5) is 10.5 Å². The van der Waals surface area contributed by atoms with Crippen LogP contribution in [0.1, 0.15) is 30.4 Å². The Bertz CT molecular complexity index is 1080. The maximum absolute atomic E-state index is 12.3. The van der Waals surface area contributed by atoms with Crippen molar-refractivity contribution < 1.29 is 9.21 Å². The first-order chi connectivity index (χ1) is 14.6. The van der Waals surface area contributed by atoms with Crippen LogP contribution < -0.4 is 16.3 Å². The molecular formula is C24H27N3O3. The van der Waals surface area contributed by atoms with E-state index in [0.717, 1.165) is 48.0 Å². The summed E-state index contributed by atoms with van der Waals surface area (Å²) in [4.78, 5) is 26.7. The van der Waals surface area contributed by atoms with Gasteiger partial charge in [0.15, 0.2) is 0 Å². The maximum atomic E-state index is 12.3. The second-order valence-electron chi connectivity index (χ2n) is 7.91. The molecule has 156 valence electrons. The Balaban J connectivity index is 1.45. The molecule has 2 aromatic carbocycles. The first-order valence-electron chi connectivity index (χ1n) is 10.5. The van der Waals surface area contributed by atoms with Crippen LogP contribution in [0.3, 0.4) is 0 Å². The van der Waals surface area contributed by atoms with Gasteiger partial charge in [-0.1, -0.05) is 36.8 Å². The minimum atomic E-state index is -0.322. The van der Waals surface area contributed by atoms with E-state index >= 15 is 0 Å². The number of anilines is 1. The van der Waals surface area contributed by atoms with Crippen molar-refractivity contribution in [2.75, 3.05) is 18.4 Å². The topological polar surface area (TPSA) is 74.6 Å². The fourth-order valence-corrected chi connectivity index (χ4v) is 4.09. The van der Waals surface area contributed by atoms with Crippen molar-refractivity contribution in [3.05, 3.63) is 76.1 Å². The van der Waals surface area contributed by atoms with Gasteiger partial charge in [0, 0.05) is 36.3 Å². The number of urea groups is 1. The average molecular weight is 405 g/mol. The van der Waals surface area contributed by atoms with E-state index in [1.54, 1.807) is 6.07 Å². The maximum Gasteiger partial charge on any atom is 0.336 e. The van der Waals surface area contributed by atoms with Crippen molar-refractivity contribution in [3.63, 3.8) is 0 Å². The average Bonchev–Trinajstić information content (AvgIpc) is 2.73. The second kappa shape index (κ2) is 9.13. The van der Waals surface area contributed by atoms with Crippen molar-refractivity contribution in [2.24, 2.45) is 0 Å². The fourth-order valence-electron chi connectivity index (χ4n) is 4.09. The van der Waals surface area contributed by atoms with E-state index in [1.165, 1.54) is 0 Å². The fraction of sp³-hybridized carbons (Fsp3) is 0.333. The summed E-state index contributed by atoms with van der Waals surface area (Å²) in [5.74, 6) is 0. The van der Waals surface area contributed by atoms with Gasteiger partial charge >= 0.3 is 11.7 Å². The van der Waals surface area contributed by atoms with Gasteiger partial charge in [0.2, 0.25) is 0 Å². The first-order valence-corrected chi connectivity index (χ1v) is 10.5. The molecule has 1 fully saturated rings. The van der Waals surface area contributed by atoms with E-state index in [0.29, 0.717) is 18.7 Å². The van der Waals surface area contributed by atoms with E-state index in [2.05, 4.69) is 15.5 Å². The van der Waals surface area contributed by atoms with E-state index in [-0.39, 0.29) is 17.7 Å². The molecule has 1 atom stereocenters. The molecule has 6 nitrogen and oxygen atoms in total. The van der Waals surface area contributed by atoms with Gasteiger partial charge in [0.1, 0.15) is 5.58 Å². The standard InChI is InChI=1S/C24H27N3O3/c1-17-10-11-21-18(14-23(28)30-22(21)13-17)16-27-12-6-5-9-20(27)15-25-24(29)26-19-7-3-2-4-8-19/h2-4,7-8,10-11,13-14,20H,5-6,9,12,15-16H2,1H3,(H2,25,26,29). The highest BCUT2D eigenvalue weighted by atomic mass is 16.4. The molecule has 4 rings (SSSR count). The molecule has 6 heteroatoms. The molecule has 2 heterocycles. The highest BCUT2D eigenvalue weighted by Gasteiger charge is 2.24. The number of nitrogens with one attached hydrogen (secondary N) is 2. The number of para-hydroxylation sites is 1. The van der Waals surface area contributed by atoms with Crippen LogP contribution in [0.5, 0.6) is 0 Å². The molecule has 1 aliphatic rings. The highest BCUT2D eigenvalue weighted by Crippen LogP contribution is 2.24. The van der Waals surface area contributed by atoms with Gasteiger partial charge in [-0.25, -0.2) is 9.59 Å². The Kier molecular flexibility index (Phi) is 6.14. The summed E-state index contributed by atoms with van der Waals surface area (Å²) >= 11 is 0.